The highest BCUT2D eigenvalue weighted by Crippen LogP contribution is 2.32. The van der Waals surface area contributed by atoms with Gasteiger partial charge in [0.1, 0.15) is 0 Å². The van der Waals surface area contributed by atoms with Gasteiger partial charge in [0.05, 0.1) is 15.6 Å². The quantitative estimate of drug-likeness (QED) is 0.776. The molecule has 0 unspecified atom stereocenters. The van der Waals surface area contributed by atoms with Crippen molar-refractivity contribution in [1.29, 1.82) is 0 Å². The lowest BCUT2D eigenvalue weighted by Crippen LogP contribution is -2.05. The van der Waals surface area contributed by atoms with Crippen molar-refractivity contribution in [3.8, 4) is 0 Å². The summed E-state index contributed by atoms with van der Waals surface area (Å²) in [4.78, 5) is 21.1. The highest BCUT2D eigenvalue weighted by molar-refractivity contribution is 8.01. The van der Waals surface area contributed by atoms with Gasteiger partial charge in [0.15, 0.2) is 0 Å². The Bertz CT molecular complexity index is 348. The number of carbonyl (C=O) groups excluding carboxylic acids is 1. The smallest absolute Gasteiger partial charge is 0.313 e. The Morgan fingerprint density at radius 2 is 2.36 bits per heavy atom. The predicted molar refractivity (Wildman–Crippen MR) is 57.0 cm³/mol. The molecule has 0 aliphatic rings. The Kier molecular flexibility index (Phi) is 3.97. The first-order chi connectivity index (χ1) is 6.59. The molecular weight excluding hydrogens is 222 g/mol. The van der Waals surface area contributed by atoms with Crippen LogP contribution in [0.15, 0.2) is 15.7 Å². The molecule has 0 fully saturated rings. The largest absolute Gasteiger partial charge is 0.481 e. The van der Waals surface area contributed by atoms with Crippen molar-refractivity contribution in [3.63, 3.8) is 0 Å². The van der Waals surface area contributed by atoms with Crippen molar-refractivity contribution in [2.45, 2.75) is 11.1 Å². The van der Waals surface area contributed by atoms with Crippen LogP contribution in [0.5, 0.6) is 0 Å². The Morgan fingerprint density at radius 1 is 1.64 bits per heavy atom. The molecule has 0 atom stereocenters. The van der Waals surface area contributed by atoms with Gasteiger partial charge in [-0.15, -0.1) is 23.1 Å². The van der Waals surface area contributed by atoms with Crippen LogP contribution in [-0.4, -0.2) is 22.7 Å². The van der Waals surface area contributed by atoms with Crippen LogP contribution in [0.4, 0.5) is 5.69 Å². The maximum Gasteiger partial charge on any atom is 0.313 e. The summed E-state index contributed by atoms with van der Waals surface area (Å²) in [5, 5.41) is 12.9. The molecule has 0 aliphatic heterocycles. The average molecular weight is 231 g/mol. The molecule has 0 saturated heterocycles. The van der Waals surface area contributed by atoms with E-state index in [1.807, 2.05) is 5.38 Å². The van der Waals surface area contributed by atoms with E-state index in [4.69, 9.17) is 5.11 Å². The number of hydrogen-bond donors (Lipinski definition) is 2. The van der Waals surface area contributed by atoms with Crippen LogP contribution < -0.4 is 5.32 Å². The molecule has 4 nitrogen and oxygen atoms in total. The van der Waals surface area contributed by atoms with Crippen LogP contribution in [-0.2, 0) is 9.59 Å². The molecule has 14 heavy (non-hydrogen) atoms. The third kappa shape index (κ3) is 3.39. The van der Waals surface area contributed by atoms with E-state index in [9.17, 15) is 9.59 Å². The first-order valence-corrected chi connectivity index (χ1v) is 5.66. The van der Waals surface area contributed by atoms with Crippen LogP contribution in [0.2, 0.25) is 0 Å². The van der Waals surface area contributed by atoms with Crippen molar-refractivity contribution in [2.75, 3.05) is 11.1 Å². The Balaban J connectivity index is 2.62. The van der Waals surface area contributed by atoms with Crippen molar-refractivity contribution < 1.29 is 14.7 Å². The van der Waals surface area contributed by atoms with Crippen molar-refractivity contribution in [3.05, 3.63) is 11.4 Å². The topological polar surface area (TPSA) is 66.4 Å². The summed E-state index contributed by atoms with van der Waals surface area (Å²) in [5.74, 6) is -1.01. The van der Waals surface area contributed by atoms with Gasteiger partial charge in [-0.1, -0.05) is 0 Å². The van der Waals surface area contributed by atoms with E-state index in [2.05, 4.69) is 5.32 Å². The summed E-state index contributed by atoms with van der Waals surface area (Å²) in [6, 6.07) is 1.76. The number of thioether (sulfide) groups is 1. The van der Waals surface area contributed by atoms with Gasteiger partial charge < -0.3 is 10.4 Å². The Hall–Kier alpha value is -1.01. The molecule has 6 heteroatoms. The summed E-state index contributed by atoms with van der Waals surface area (Å²) in [6.45, 7) is 1.42. The molecule has 0 bridgehead atoms. The lowest BCUT2D eigenvalue weighted by Gasteiger charge is -2.01. The minimum absolute atomic E-state index is 0.00704. The van der Waals surface area contributed by atoms with E-state index in [-0.39, 0.29) is 11.7 Å². The van der Waals surface area contributed by atoms with Gasteiger partial charge in [-0.3, -0.25) is 9.59 Å². The van der Waals surface area contributed by atoms with Crippen molar-refractivity contribution in [1.82, 2.24) is 0 Å². The number of thiophene rings is 1. The minimum Gasteiger partial charge on any atom is -0.481 e. The number of aliphatic carboxylic acids is 1. The minimum atomic E-state index is -0.864. The number of carboxylic acid groups (broad SMARTS) is 1. The second-order valence-corrected chi connectivity index (χ2v) is 4.65. The molecule has 0 saturated carbocycles. The van der Waals surface area contributed by atoms with E-state index in [1.54, 1.807) is 6.07 Å². The van der Waals surface area contributed by atoms with Gasteiger partial charge in [-0.2, -0.15) is 0 Å². The lowest BCUT2D eigenvalue weighted by molar-refractivity contribution is -0.133. The van der Waals surface area contributed by atoms with E-state index in [1.165, 1.54) is 30.0 Å². The molecule has 1 amide bonds. The van der Waals surface area contributed by atoms with Crippen molar-refractivity contribution >= 4 is 40.7 Å². The highest BCUT2D eigenvalue weighted by atomic mass is 32.2. The standard InChI is InChI=1S/C8H9NO3S2/c1-5(10)9-6-2-3-13-8(6)14-4-7(11)12/h2-3H,4H2,1H3,(H,9,10)(H,11,12). The number of rotatable bonds is 4. The fraction of sp³-hybridized carbons (Fsp3) is 0.250. The van der Waals surface area contributed by atoms with Gasteiger partial charge in [-0.25, -0.2) is 0 Å². The molecule has 1 aromatic heterocycles. The van der Waals surface area contributed by atoms with Crippen LogP contribution in [0.3, 0.4) is 0 Å². The zero-order valence-electron chi connectivity index (χ0n) is 7.44. The number of anilines is 1. The third-order valence-electron chi connectivity index (χ3n) is 1.27. The fourth-order valence-electron chi connectivity index (χ4n) is 0.817. The molecule has 0 spiro atoms. The number of nitrogens with one attached hydrogen (secondary N) is 1. The molecule has 76 valence electrons. The van der Waals surface area contributed by atoms with Crippen LogP contribution in [0, 0.1) is 0 Å². The molecule has 0 aliphatic carbocycles. The molecule has 1 rings (SSSR count). The lowest BCUT2D eigenvalue weighted by atomic mass is 10.5. The summed E-state index contributed by atoms with van der Waals surface area (Å²) in [5.41, 5.74) is 0.689. The molecule has 1 heterocycles. The predicted octanol–water partition coefficient (Wildman–Crippen LogP) is 1.88. The first-order valence-electron chi connectivity index (χ1n) is 3.79. The molecule has 0 aromatic carbocycles. The third-order valence-corrected chi connectivity index (χ3v) is 3.49. The molecule has 1 aromatic rings. The van der Waals surface area contributed by atoms with Crippen LogP contribution in [0.25, 0.3) is 0 Å². The van der Waals surface area contributed by atoms with Gasteiger partial charge >= 0.3 is 5.97 Å². The summed E-state index contributed by atoms with van der Waals surface area (Å²) < 4.78 is 0.822. The second kappa shape index (κ2) is 5.02. The normalized spacial score (nSPS) is 9.79. The fourth-order valence-corrected chi connectivity index (χ4v) is 2.54. The van der Waals surface area contributed by atoms with E-state index in [0.29, 0.717) is 5.69 Å². The zero-order valence-corrected chi connectivity index (χ0v) is 9.08. The number of carbonyl (C=O) groups is 2. The van der Waals surface area contributed by atoms with Crippen LogP contribution in [0.1, 0.15) is 6.92 Å². The van der Waals surface area contributed by atoms with Crippen LogP contribution >= 0.6 is 23.1 Å². The van der Waals surface area contributed by atoms with Gasteiger partial charge in [-0.05, 0) is 11.4 Å². The monoisotopic (exact) mass is 231 g/mol. The zero-order chi connectivity index (χ0) is 10.6. The summed E-state index contributed by atoms with van der Waals surface area (Å²) in [7, 11) is 0. The second-order valence-electron chi connectivity index (χ2n) is 2.49. The number of amides is 1. The van der Waals surface area contributed by atoms with Crippen molar-refractivity contribution in [2.24, 2.45) is 0 Å². The Labute approximate surface area is 89.3 Å². The van der Waals surface area contributed by atoms with E-state index >= 15 is 0 Å². The van der Waals surface area contributed by atoms with Gasteiger partial charge in [0.2, 0.25) is 5.91 Å². The van der Waals surface area contributed by atoms with Gasteiger partial charge in [0.25, 0.3) is 0 Å². The maximum absolute atomic E-state index is 10.8. The maximum atomic E-state index is 10.8. The highest BCUT2D eigenvalue weighted by Gasteiger charge is 2.07. The summed E-state index contributed by atoms with van der Waals surface area (Å²) >= 11 is 2.63. The molecule has 0 radical (unpaired) electrons. The number of hydrogen-bond acceptors (Lipinski definition) is 4. The average Bonchev–Trinajstić information content (AvgIpc) is 2.47. The number of carboxylic acids is 1. The Morgan fingerprint density at radius 3 is 2.93 bits per heavy atom. The molecule has 2 N–H and O–H groups in total. The van der Waals surface area contributed by atoms with E-state index in [0.717, 1.165) is 4.21 Å². The SMILES string of the molecule is CC(=O)Nc1ccsc1SCC(=O)O. The van der Waals surface area contributed by atoms with E-state index < -0.39 is 5.97 Å². The first kappa shape index (κ1) is 11.1. The van der Waals surface area contributed by atoms with Gasteiger partial charge in [0, 0.05) is 6.92 Å². The molecular formula is C8H9NO3S2. The summed E-state index contributed by atoms with van der Waals surface area (Å²) in [6.07, 6.45) is 0.